The van der Waals surface area contributed by atoms with Gasteiger partial charge in [-0.1, -0.05) is 35.6 Å². The van der Waals surface area contributed by atoms with E-state index >= 15 is 0 Å². The van der Waals surface area contributed by atoms with Crippen LogP contribution in [0.4, 0.5) is 18.3 Å². The summed E-state index contributed by atoms with van der Waals surface area (Å²) in [5.41, 5.74) is 1.43. The predicted molar refractivity (Wildman–Crippen MR) is 82.6 cm³/mol. The first kappa shape index (κ1) is 17.7. The van der Waals surface area contributed by atoms with Crippen LogP contribution in [0, 0.1) is 0 Å². The zero-order chi connectivity index (χ0) is 17.1. The van der Waals surface area contributed by atoms with E-state index in [0.29, 0.717) is 23.4 Å². The second-order valence-electron chi connectivity index (χ2n) is 4.66. The molecule has 0 spiro atoms. The Labute approximate surface area is 135 Å². The van der Waals surface area contributed by atoms with Crippen molar-refractivity contribution in [2.45, 2.75) is 18.5 Å². The lowest BCUT2D eigenvalue weighted by Crippen LogP contribution is -2.20. The maximum Gasteiger partial charge on any atom is 0.427 e. The first-order valence-electron chi connectivity index (χ1n) is 6.45. The molecule has 2 aromatic rings. The maximum absolute atomic E-state index is 12.5. The van der Waals surface area contributed by atoms with Crippen molar-refractivity contribution in [3.8, 4) is 0 Å². The van der Waals surface area contributed by atoms with E-state index in [-0.39, 0.29) is 10.9 Å². The van der Waals surface area contributed by atoms with E-state index in [1.165, 1.54) is 7.05 Å². The second-order valence-corrected chi connectivity index (χ2v) is 7.62. The number of thiazole rings is 1. The number of halogens is 3. The highest BCUT2D eigenvalue weighted by molar-refractivity contribution is 7.88. The van der Waals surface area contributed by atoms with Gasteiger partial charge in [-0.05, 0) is 18.2 Å². The van der Waals surface area contributed by atoms with Crippen molar-refractivity contribution in [1.29, 1.82) is 0 Å². The molecule has 0 aliphatic carbocycles. The molecule has 0 atom stereocenters. The van der Waals surface area contributed by atoms with Crippen LogP contribution >= 0.6 is 11.3 Å². The predicted octanol–water partition coefficient (Wildman–Crippen LogP) is 2.82. The topological polar surface area (TPSA) is 71.1 Å². The second kappa shape index (κ2) is 6.85. The Kier molecular flexibility index (Phi) is 5.27. The largest absolute Gasteiger partial charge is 0.427 e. The minimum atomic E-state index is -4.39. The summed E-state index contributed by atoms with van der Waals surface area (Å²) < 4.78 is 62.5. The highest BCUT2D eigenvalue weighted by Crippen LogP contribution is 2.35. The number of benzene rings is 1. The van der Waals surface area contributed by atoms with Gasteiger partial charge < -0.3 is 5.32 Å². The van der Waals surface area contributed by atoms with Crippen molar-refractivity contribution in [3.63, 3.8) is 0 Å². The molecule has 0 saturated heterocycles. The molecule has 0 bridgehead atoms. The van der Waals surface area contributed by atoms with Crippen molar-refractivity contribution >= 4 is 26.5 Å². The molecule has 0 aliphatic rings. The van der Waals surface area contributed by atoms with Gasteiger partial charge in [-0.25, -0.2) is 18.1 Å². The highest BCUT2D eigenvalue weighted by Gasteiger charge is 2.33. The van der Waals surface area contributed by atoms with Gasteiger partial charge in [0.2, 0.25) is 10.0 Å². The van der Waals surface area contributed by atoms with E-state index in [4.69, 9.17) is 0 Å². The molecular weight excluding hydrogens is 351 g/mol. The van der Waals surface area contributed by atoms with Crippen molar-refractivity contribution < 1.29 is 21.6 Å². The minimum absolute atomic E-state index is 0.126. The quantitative estimate of drug-likeness (QED) is 0.826. The summed E-state index contributed by atoms with van der Waals surface area (Å²) in [7, 11) is -1.99. The SMILES string of the molecule is CNS(=O)(=O)Cc1ccc(CNc2ncc(C(F)(F)F)s2)cc1. The lowest BCUT2D eigenvalue weighted by Gasteiger charge is -2.06. The van der Waals surface area contributed by atoms with E-state index in [0.717, 1.165) is 11.8 Å². The molecule has 1 heterocycles. The molecule has 10 heteroatoms. The molecule has 0 unspecified atom stereocenters. The van der Waals surface area contributed by atoms with Crippen molar-refractivity contribution in [3.05, 3.63) is 46.5 Å². The number of rotatable bonds is 6. The molecule has 2 rings (SSSR count). The zero-order valence-corrected chi connectivity index (χ0v) is 13.6. The Hall–Kier alpha value is -1.65. The van der Waals surface area contributed by atoms with Gasteiger partial charge in [-0.15, -0.1) is 0 Å². The molecular formula is C13H14F3N3O2S2. The van der Waals surface area contributed by atoms with Crippen LogP contribution in [-0.2, 0) is 28.5 Å². The third kappa shape index (κ3) is 5.19. The summed E-state index contributed by atoms with van der Waals surface area (Å²) in [5, 5.41) is 2.99. The number of hydrogen-bond acceptors (Lipinski definition) is 5. The Balaban J connectivity index is 1.95. The van der Waals surface area contributed by atoms with Gasteiger partial charge >= 0.3 is 6.18 Å². The number of nitrogens with one attached hydrogen (secondary N) is 2. The Bertz CT molecular complexity index is 756. The molecule has 2 N–H and O–H groups in total. The average Bonchev–Trinajstić information content (AvgIpc) is 2.95. The van der Waals surface area contributed by atoms with Crippen LogP contribution in [0.5, 0.6) is 0 Å². The van der Waals surface area contributed by atoms with E-state index < -0.39 is 21.1 Å². The van der Waals surface area contributed by atoms with Gasteiger partial charge in [0.1, 0.15) is 4.88 Å². The van der Waals surface area contributed by atoms with E-state index in [2.05, 4.69) is 15.0 Å². The normalized spacial score (nSPS) is 12.3. The molecule has 126 valence electrons. The fraction of sp³-hybridized carbons (Fsp3) is 0.308. The van der Waals surface area contributed by atoms with Crippen molar-refractivity contribution in [2.24, 2.45) is 0 Å². The highest BCUT2D eigenvalue weighted by atomic mass is 32.2. The monoisotopic (exact) mass is 365 g/mol. The summed E-state index contributed by atoms with van der Waals surface area (Å²) >= 11 is 0.538. The fourth-order valence-corrected chi connectivity index (χ4v) is 3.16. The maximum atomic E-state index is 12.5. The van der Waals surface area contributed by atoms with Crippen molar-refractivity contribution in [1.82, 2.24) is 9.71 Å². The molecule has 1 aromatic carbocycles. The van der Waals surface area contributed by atoms with Crippen LogP contribution in [0.25, 0.3) is 0 Å². The number of aromatic nitrogens is 1. The van der Waals surface area contributed by atoms with Gasteiger partial charge in [-0.3, -0.25) is 0 Å². The third-order valence-corrected chi connectivity index (χ3v) is 5.25. The lowest BCUT2D eigenvalue weighted by atomic mass is 10.1. The first-order valence-corrected chi connectivity index (χ1v) is 8.92. The molecule has 23 heavy (non-hydrogen) atoms. The summed E-state index contributed by atoms with van der Waals surface area (Å²) in [6.45, 7) is 0.296. The van der Waals surface area contributed by atoms with Crippen LogP contribution < -0.4 is 10.0 Å². The van der Waals surface area contributed by atoms with Gasteiger partial charge in [-0.2, -0.15) is 13.2 Å². The molecule has 0 fully saturated rings. The Morgan fingerprint density at radius 3 is 2.30 bits per heavy atom. The van der Waals surface area contributed by atoms with Gasteiger partial charge in [0.15, 0.2) is 5.13 Å². The molecule has 0 saturated carbocycles. The minimum Gasteiger partial charge on any atom is -0.357 e. The smallest absolute Gasteiger partial charge is 0.357 e. The zero-order valence-electron chi connectivity index (χ0n) is 12.0. The van der Waals surface area contributed by atoms with Crippen LogP contribution in [-0.4, -0.2) is 20.4 Å². The Morgan fingerprint density at radius 2 is 1.78 bits per heavy atom. The van der Waals surface area contributed by atoms with Crippen LogP contribution in [0.1, 0.15) is 16.0 Å². The van der Waals surface area contributed by atoms with E-state index in [1.807, 2.05) is 0 Å². The van der Waals surface area contributed by atoms with Gasteiger partial charge in [0.25, 0.3) is 0 Å². The third-order valence-electron chi connectivity index (χ3n) is 2.92. The summed E-state index contributed by atoms with van der Waals surface area (Å²) in [5.74, 6) is -0.126. The van der Waals surface area contributed by atoms with E-state index in [9.17, 15) is 21.6 Å². The van der Waals surface area contributed by atoms with Crippen molar-refractivity contribution in [2.75, 3.05) is 12.4 Å². The Morgan fingerprint density at radius 1 is 1.17 bits per heavy atom. The van der Waals surface area contributed by atoms with Crippen LogP contribution in [0.3, 0.4) is 0 Å². The van der Waals surface area contributed by atoms with Gasteiger partial charge in [0.05, 0.1) is 11.9 Å². The van der Waals surface area contributed by atoms with Crippen LogP contribution in [0.2, 0.25) is 0 Å². The summed E-state index contributed by atoms with van der Waals surface area (Å²) in [6, 6.07) is 6.75. The van der Waals surface area contributed by atoms with Crippen LogP contribution in [0.15, 0.2) is 30.5 Å². The first-order chi connectivity index (χ1) is 10.7. The number of alkyl halides is 3. The fourth-order valence-electron chi connectivity index (χ4n) is 1.71. The number of nitrogens with zero attached hydrogens (tertiary/aromatic N) is 1. The number of hydrogen-bond donors (Lipinski definition) is 2. The van der Waals surface area contributed by atoms with E-state index in [1.54, 1.807) is 24.3 Å². The molecule has 0 radical (unpaired) electrons. The molecule has 1 aromatic heterocycles. The summed E-state index contributed by atoms with van der Waals surface area (Å²) in [4.78, 5) is 2.92. The molecule has 5 nitrogen and oxygen atoms in total. The summed E-state index contributed by atoms with van der Waals surface area (Å²) in [6.07, 6.45) is -3.60. The van der Waals surface area contributed by atoms with Gasteiger partial charge in [0, 0.05) is 6.54 Å². The number of sulfonamides is 1. The molecule has 0 amide bonds. The average molecular weight is 365 g/mol. The lowest BCUT2D eigenvalue weighted by molar-refractivity contribution is -0.134. The molecule has 0 aliphatic heterocycles. The standard InChI is InChI=1S/C13H14F3N3O2S2/c1-17-23(20,21)8-10-4-2-9(3-5-10)6-18-12-19-7-11(22-12)13(14,15)16/h2-5,7,17H,6,8H2,1H3,(H,18,19). The number of anilines is 1.